The molecule has 1 saturated heterocycles. The van der Waals surface area contributed by atoms with Crippen molar-refractivity contribution in [2.24, 2.45) is 0 Å². The fourth-order valence-corrected chi connectivity index (χ4v) is 4.71. The van der Waals surface area contributed by atoms with Crippen molar-refractivity contribution in [3.63, 3.8) is 0 Å². The lowest BCUT2D eigenvalue weighted by molar-refractivity contribution is -0.137. The first kappa shape index (κ1) is 25.0. The number of alkyl halides is 3. The molecule has 0 aliphatic carbocycles. The fraction of sp³-hybridized carbons (Fsp3) is 0.435. The number of halogens is 3. The molecule has 0 unspecified atom stereocenters. The van der Waals surface area contributed by atoms with Gasteiger partial charge >= 0.3 is 6.18 Å². The minimum absolute atomic E-state index is 0.197. The van der Waals surface area contributed by atoms with E-state index in [-0.39, 0.29) is 12.2 Å². The van der Waals surface area contributed by atoms with E-state index in [9.17, 15) is 26.4 Å². The molecular weight excluding hydrogens is 455 g/mol. The van der Waals surface area contributed by atoms with E-state index >= 15 is 0 Å². The summed E-state index contributed by atoms with van der Waals surface area (Å²) in [7, 11) is -3.99. The number of nitrogens with zero attached hydrogens (tertiary/aromatic N) is 2. The Morgan fingerprint density at radius 1 is 1.03 bits per heavy atom. The average molecular weight is 484 g/mol. The van der Waals surface area contributed by atoms with Crippen LogP contribution < -0.4 is 9.62 Å². The summed E-state index contributed by atoms with van der Waals surface area (Å²) in [6.45, 7) is 2.41. The lowest BCUT2D eigenvalue weighted by Crippen LogP contribution is -2.40. The highest BCUT2D eigenvalue weighted by Gasteiger charge is 2.32. The van der Waals surface area contributed by atoms with Crippen LogP contribution in [0.3, 0.4) is 0 Å². The number of hydrogen-bond donors (Lipinski definition) is 1. The van der Waals surface area contributed by atoms with Crippen molar-refractivity contribution in [3.05, 3.63) is 65.2 Å². The van der Waals surface area contributed by atoms with Crippen LogP contribution in [0.2, 0.25) is 0 Å². The van der Waals surface area contributed by atoms with Crippen LogP contribution in [0.4, 0.5) is 18.9 Å². The van der Waals surface area contributed by atoms with Crippen molar-refractivity contribution in [1.82, 2.24) is 10.2 Å². The van der Waals surface area contributed by atoms with Crippen LogP contribution in [-0.4, -0.2) is 45.1 Å². The highest BCUT2D eigenvalue weighted by atomic mass is 32.2. The maximum atomic E-state index is 13.1. The number of carbonyl (C=O) groups excluding carboxylic acids is 1. The number of likely N-dealkylation sites (tertiary alicyclic amines) is 1. The summed E-state index contributed by atoms with van der Waals surface area (Å²) < 4.78 is 64.3. The Bertz CT molecular complexity index is 1070. The van der Waals surface area contributed by atoms with Crippen molar-refractivity contribution in [2.75, 3.05) is 30.2 Å². The van der Waals surface area contributed by atoms with Gasteiger partial charge in [0.25, 0.3) is 0 Å². The molecule has 0 aromatic heterocycles. The van der Waals surface area contributed by atoms with E-state index in [2.05, 4.69) is 10.2 Å². The van der Waals surface area contributed by atoms with Crippen LogP contribution in [0.1, 0.15) is 36.0 Å². The molecule has 2 aromatic rings. The zero-order valence-corrected chi connectivity index (χ0v) is 19.3. The largest absolute Gasteiger partial charge is 0.416 e. The third-order valence-electron chi connectivity index (χ3n) is 5.59. The molecule has 1 heterocycles. The molecule has 0 radical (unpaired) electrons. The van der Waals surface area contributed by atoms with Crippen molar-refractivity contribution in [3.8, 4) is 0 Å². The molecule has 0 bridgehead atoms. The minimum Gasteiger partial charge on any atom is -0.350 e. The molecule has 0 saturated carbocycles. The molecule has 180 valence electrons. The average Bonchev–Trinajstić information content (AvgIpc) is 2.76. The summed E-state index contributed by atoms with van der Waals surface area (Å²) in [6.07, 6.45) is -0.212. The summed E-state index contributed by atoms with van der Waals surface area (Å²) in [6, 6.07) is 11.6. The first-order valence-electron chi connectivity index (χ1n) is 10.7. The first-order chi connectivity index (χ1) is 15.5. The predicted octanol–water partition coefficient (Wildman–Crippen LogP) is 3.77. The Morgan fingerprint density at radius 2 is 1.70 bits per heavy atom. The molecule has 1 amide bonds. The lowest BCUT2D eigenvalue weighted by Gasteiger charge is -2.27. The van der Waals surface area contributed by atoms with Crippen molar-refractivity contribution in [1.29, 1.82) is 0 Å². The molecule has 1 N–H and O–H groups in total. The summed E-state index contributed by atoms with van der Waals surface area (Å²) in [4.78, 5) is 14.9. The second-order valence-electron chi connectivity index (χ2n) is 8.20. The Morgan fingerprint density at radius 3 is 2.33 bits per heavy atom. The lowest BCUT2D eigenvalue weighted by atomic mass is 10.0. The zero-order valence-electron chi connectivity index (χ0n) is 18.4. The Balaban J connectivity index is 1.69. The van der Waals surface area contributed by atoms with Crippen LogP contribution >= 0.6 is 0 Å². The summed E-state index contributed by atoms with van der Waals surface area (Å²) in [5, 5.41) is 2.71. The molecule has 6 nitrogen and oxygen atoms in total. The van der Waals surface area contributed by atoms with Gasteiger partial charge in [0.1, 0.15) is 6.54 Å². The van der Waals surface area contributed by atoms with E-state index in [0.717, 1.165) is 68.1 Å². The van der Waals surface area contributed by atoms with Crippen molar-refractivity contribution in [2.45, 2.75) is 38.5 Å². The molecule has 1 aliphatic rings. The molecule has 3 rings (SSSR count). The van der Waals surface area contributed by atoms with Gasteiger partial charge in [-0.3, -0.25) is 14.0 Å². The number of anilines is 1. The maximum Gasteiger partial charge on any atom is 0.416 e. The molecule has 0 atom stereocenters. The molecule has 1 fully saturated rings. The van der Waals surface area contributed by atoms with Crippen LogP contribution in [0.5, 0.6) is 0 Å². The number of benzene rings is 2. The number of rotatable bonds is 8. The number of nitrogens with one attached hydrogen (secondary N) is 1. The highest BCUT2D eigenvalue weighted by Crippen LogP contribution is 2.32. The van der Waals surface area contributed by atoms with Gasteiger partial charge in [-0.2, -0.15) is 13.2 Å². The summed E-state index contributed by atoms with van der Waals surface area (Å²) in [5.41, 5.74) is 0.799. The van der Waals surface area contributed by atoms with E-state index in [1.807, 2.05) is 24.3 Å². The van der Waals surface area contributed by atoms with Gasteiger partial charge in [-0.1, -0.05) is 36.8 Å². The van der Waals surface area contributed by atoms with E-state index in [4.69, 9.17) is 0 Å². The molecule has 33 heavy (non-hydrogen) atoms. The summed E-state index contributed by atoms with van der Waals surface area (Å²) in [5.74, 6) is -0.606. The minimum atomic E-state index is -4.63. The third-order valence-corrected chi connectivity index (χ3v) is 6.73. The second kappa shape index (κ2) is 10.6. The van der Waals surface area contributed by atoms with E-state index in [0.29, 0.717) is 4.31 Å². The normalized spacial score (nSPS) is 15.3. The molecule has 10 heteroatoms. The number of sulfonamides is 1. The monoisotopic (exact) mass is 483 g/mol. The van der Waals surface area contributed by atoms with Crippen LogP contribution in [0.15, 0.2) is 48.5 Å². The SMILES string of the molecule is CS(=O)(=O)N(CC(=O)NCc1ccccc1CN1CCCCC1)c1cccc(C(F)(F)F)c1. The van der Waals surface area contributed by atoms with Crippen LogP contribution in [0, 0.1) is 0 Å². The number of amides is 1. The zero-order chi connectivity index (χ0) is 24.1. The number of piperidine rings is 1. The Hall–Kier alpha value is -2.59. The van der Waals surface area contributed by atoms with Crippen molar-refractivity contribution >= 4 is 21.6 Å². The van der Waals surface area contributed by atoms with Gasteiger partial charge in [0.2, 0.25) is 15.9 Å². The van der Waals surface area contributed by atoms with E-state index < -0.39 is 34.2 Å². The molecular formula is C23H28F3N3O3S. The number of carbonyl (C=O) groups is 1. The molecule has 1 aliphatic heterocycles. The maximum absolute atomic E-state index is 13.1. The highest BCUT2D eigenvalue weighted by molar-refractivity contribution is 7.92. The Kier molecular flexibility index (Phi) is 8.01. The van der Waals surface area contributed by atoms with Gasteiger partial charge in [-0.05, 0) is 55.3 Å². The third kappa shape index (κ3) is 7.20. The standard InChI is InChI=1S/C23H28F3N3O3S/c1-33(31,32)29(21-11-7-10-20(14-21)23(24,25)26)17-22(30)27-15-18-8-3-4-9-19(18)16-28-12-5-2-6-13-28/h3-4,7-11,14H,2,5-6,12-13,15-17H2,1H3,(H,27,30). The molecule has 0 spiro atoms. The van der Waals surface area contributed by atoms with E-state index in [1.165, 1.54) is 12.5 Å². The topological polar surface area (TPSA) is 69.7 Å². The van der Waals surface area contributed by atoms with Crippen molar-refractivity contribution < 1.29 is 26.4 Å². The van der Waals surface area contributed by atoms with Gasteiger partial charge < -0.3 is 5.32 Å². The first-order valence-corrected chi connectivity index (χ1v) is 12.6. The van der Waals surface area contributed by atoms with Gasteiger partial charge in [0, 0.05) is 13.1 Å². The Labute approximate surface area is 192 Å². The molecule has 2 aromatic carbocycles. The van der Waals surface area contributed by atoms with Gasteiger partial charge in [0.15, 0.2) is 0 Å². The van der Waals surface area contributed by atoms with Gasteiger partial charge in [0.05, 0.1) is 17.5 Å². The van der Waals surface area contributed by atoms with Gasteiger partial charge in [-0.15, -0.1) is 0 Å². The summed E-state index contributed by atoms with van der Waals surface area (Å²) >= 11 is 0. The number of hydrogen-bond acceptors (Lipinski definition) is 4. The van der Waals surface area contributed by atoms with Crippen LogP contribution in [0.25, 0.3) is 0 Å². The van der Waals surface area contributed by atoms with E-state index in [1.54, 1.807) is 0 Å². The van der Waals surface area contributed by atoms with Gasteiger partial charge in [-0.25, -0.2) is 8.42 Å². The quantitative estimate of drug-likeness (QED) is 0.621. The predicted molar refractivity (Wildman–Crippen MR) is 121 cm³/mol. The van der Waals surface area contributed by atoms with Crippen LogP contribution in [-0.2, 0) is 34.1 Å². The smallest absolute Gasteiger partial charge is 0.350 e. The fourth-order valence-electron chi connectivity index (χ4n) is 3.86. The second-order valence-corrected chi connectivity index (χ2v) is 10.1.